The number of hydrogen-bond acceptors (Lipinski definition) is 2. The average Bonchev–Trinajstić information content (AvgIpc) is 2.74. The normalized spacial score (nSPS) is 10.2. The van der Waals surface area contributed by atoms with Crippen LogP contribution in [0.3, 0.4) is 0 Å². The van der Waals surface area contributed by atoms with Crippen LogP contribution in [-0.4, -0.2) is 15.5 Å². The zero-order valence-corrected chi connectivity index (χ0v) is 8.55. The van der Waals surface area contributed by atoms with E-state index >= 15 is 0 Å². The summed E-state index contributed by atoms with van der Waals surface area (Å²) >= 11 is 0. The highest BCUT2D eigenvalue weighted by Crippen LogP contribution is 2.08. The first-order valence-electron chi connectivity index (χ1n) is 4.83. The molecule has 0 atom stereocenters. The van der Waals surface area contributed by atoms with E-state index in [1.54, 1.807) is 12.4 Å². The lowest BCUT2D eigenvalue weighted by Gasteiger charge is -2.04. The first-order chi connectivity index (χ1) is 7.27. The highest BCUT2D eigenvalue weighted by molar-refractivity contribution is 5.81. The number of aromatic nitrogens is 2. The van der Waals surface area contributed by atoms with E-state index in [-0.39, 0.29) is 5.91 Å². The van der Waals surface area contributed by atoms with E-state index in [0.717, 1.165) is 11.1 Å². The van der Waals surface area contributed by atoms with Gasteiger partial charge in [-0.3, -0.25) is 9.36 Å². The van der Waals surface area contributed by atoms with Crippen LogP contribution in [0.5, 0.6) is 0 Å². The number of aryl methyl sites for hydroxylation is 1. The van der Waals surface area contributed by atoms with Gasteiger partial charge in [-0.05, 0) is 18.1 Å². The Labute approximate surface area is 88.4 Å². The van der Waals surface area contributed by atoms with Gasteiger partial charge in [0.05, 0.1) is 6.42 Å². The van der Waals surface area contributed by atoms with Gasteiger partial charge in [-0.1, -0.05) is 24.3 Å². The van der Waals surface area contributed by atoms with Crippen LogP contribution in [0.15, 0.2) is 43.0 Å². The molecule has 1 aromatic heterocycles. The summed E-state index contributed by atoms with van der Waals surface area (Å²) in [7, 11) is 0. The van der Waals surface area contributed by atoms with E-state index in [1.165, 1.54) is 10.9 Å². The largest absolute Gasteiger partial charge is 0.276 e. The summed E-state index contributed by atoms with van der Waals surface area (Å²) in [5.41, 5.74) is 2.21. The quantitative estimate of drug-likeness (QED) is 0.743. The minimum absolute atomic E-state index is 0.0433. The predicted octanol–water partition coefficient (Wildman–Crippen LogP) is 2.07. The molecule has 0 saturated heterocycles. The standard InChI is InChI=1S/C12H12N2O/c1-10-4-2-3-5-11(10)8-12(15)14-7-6-13-9-14/h2-7,9H,8H2,1H3. The summed E-state index contributed by atoms with van der Waals surface area (Å²) in [6.45, 7) is 2.01. The first-order valence-corrected chi connectivity index (χ1v) is 4.83. The molecule has 1 heterocycles. The summed E-state index contributed by atoms with van der Waals surface area (Å²) in [6.07, 6.45) is 5.22. The molecule has 3 heteroatoms. The highest BCUT2D eigenvalue weighted by Gasteiger charge is 2.06. The number of carbonyl (C=O) groups excluding carboxylic acids is 1. The minimum Gasteiger partial charge on any atom is -0.276 e. The summed E-state index contributed by atoms with van der Waals surface area (Å²) in [4.78, 5) is 15.6. The Morgan fingerprint density at radius 3 is 2.87 bits per heavy atom. The number of hydrogen-bond donors (Lipinski definition) is 0. The van der Waals surface area contributed by atoms with Gasteiger partial charge in [0.1, 0.15) is 6.33 Å². The molecular weight excluding hydrogens is 188 g/mol. The predicted molar refractivity (Wildman–Crippen MR) is 57.7 cm³/mol. The zero-order valence-electron chi connectivity index (χ0n) is 8.55. The fourth-order valence-electron chi connectivity index (χ4n) is 1.47. The first kappa shape index (κ1) is 9.65. The second-order valence-electron chi connectivity index (χ2n) is 3.47. The van der Waals surface area contributed by atoms with Gasteiger partial charge in [0, 0.05) is 12.4 Å². The van der Waals surface area contributed by atoms with Crippen LogP contribution in [0.2, 0.25) is 0 Å². The second-order valence-corrected chi connectivity index (χ2v) is 3.47. The Morgan fingerprint density at radius 1 is 1.40 bits per heavy atom. The number of benzene rings is 1. The van der Waals surface area contributed by atoms with Crippen molar-refractivity contribution in [3.63, 3.8) is 0 Å². The van der Waals surface area contributed by atoms with Crippen LogP contribution < -0.4 is 0 Å². The van der Waals surface area contributed by atoms with Crippen molar-refractivity contribution in [2.45, 2.75) is 13.3 Å². The summed E-state index contributed by atoms with van der Waals surface area (Å²) in [6, 6.07) is 7.91. The summed E-state index contributed by atoms with van der Waals surface area (Å²) in [5, 5.41) is 0. The third-order valence-corrected chi connectivity index (χ3v) is 2.40. The van der Waals surface area contributed by atoms with E-state index < -0.39 is 0 Å². The molecule has 1 aromatic carbocycles. The maximum atomic E-state index is 11.8. The molecule has 0 aliphatic rings. The SMILES string of the molecule is Cc1ccccc1CC(=O)n1ccnc1. The zero-order chi connectivity index (χ0) is 10.7. The van der Waals surface area contributed by atoms with Crippen LogP contribution in [0, 0.1) is 6.92 Å². The summed E-state index contributed by atoms with van der Waals surface area (Å²) in [5.74, 6) is 0.0433. The lowest BCUT2D eigenvalue weighted by Crippen LogP contribution is -2.12. The van der Waals surface area contributed by atoms with E-state index in [1.807, 2.05) is 31.2 Å². The molecule has 0 amide bonds. The molecule has 0 N–H and O–H groups in total. The van der Waals surface area contributed by atoms with E-state index in [2.05, 4.69) is 4.98 Å². The average molecular weight is 200 g/mol. The van der Waals surface area contributed by atoms with E-state index in [0.29, 0.717) is 6.42 Å². The molecule has 2 rings (SSSR count). The van der Waals surface area contributed by atoms with Crippen LogP contribution in [0.1, 0.15) is 15.9 Å². The Balaban J connectivity index is 2.17. The molecule has 76 valence electrons. The van der Waals surface area contributed by atoms with E-state index in [4.69, 9.17) is 0 Å². The Kier molecular flexibility index (Phi) is 2.63. The van der Waals surface area contributed by atoms with Crippen molar-refractivity contribution in [3.8, 4) is 0 Å². The van der Waals surface area contributed by atoms with Gasteiger partial charge in [0.2, 0.25) is 5.91 Å². The van der Waals surface area contributed by atoms with Crippen molar-refractivity contribution in [2.24, 2.45) is 0 Å². The Bertz CT molecular complexity index is 460. The van der Waals surface area contributed by atoms with Crippen molar-refractivity contribution >= 4 is 5.91 Å². The van der Waals surface area contributed by atoms with Crippen LogP contribution in [-0.2, 0) is 6.42 Å². The molecule has 0 spiro atoms. The lowest BCUT2D eigenvalue weighted by atomic mass is 10.1. The van der Waals surface area contributed by atoms with Crippen molar-refractivity contribution in [1.82, 2.24) is 9.55 Å². The van der Waals surface area contributed by atoms with Gasteiger partial charge in [0.15, 0.2) is 0 Å². The third-order valence-electron chi connectivity index (χ3n) is 2.40. The molecular formula is C12H12N2O. The number of imidazole rings is 1. The van der Waals surface area contributed by atoms with Gasteiger partial charge in [-0.25, -0.2) is 4.98 Å². The molecule has 0 aliphatic carbocycles. The van der Waals surface area contributed by atoms with Crippen molar-refractivity contribution in [1.29, 1.82) is 0 Å². The Hall–Kier alpha value is -1.90. The van der Waals surface area contributed by atoms with Crippen molar-refractivity contribution < 1.29 is 4.79 Å². The van der Waals surface area contributed by atoms with Crippen LogP contribution >= 0.6 is 0 Å². The monoisotopic (exact) mass is 200 g/mol. The fraction of sp³-hybridized carbons (Fsp3) is 0.167. The highest BCUT2D eigenvalue weighted by atomic mass is 16.2. The number of nitrogens with zero attached hydrogens (tertiary/aromatic N) is 2. The summed E-state index contributed by atoms with van der Waals surface area (Å²) < 4.78 is 1.51. The molecule has 0 radical (unpaired) electrons. The van der Waals surface area contributed by atoms with Crippen molar-refractivity contribution in [3.05, 3.63) is 54.1 Å². The molecule has 0 unspecified atom stereocenters. The molecule has 15 heavy (non-hydrogen) atoms. The maximum Gasteiger partial charge on any atom is 0.236 e. The fourth-order valence-corrected chi connectivity index (χ4v) is 1.47. The molecule has 0 fully saturated rings. The Morgan fingerprint density at radius 2 is 2.20 bits per heavy atom. The lowest BCUT2D eigenvalue weighted by molar-refractivity contribution is 0.0913. The van der Waals surface area contributed by atoms with Gasteiger partial charge in [0.25, 0.3) is 0 Å². The van der Waals surface area contributed by atoms with Gasteiger partial charge in [-0.15, -0.1) is 0 Å². The van der Waals surface area contributed by atoms with E-state index in [9.17, 15) is 4.79 Å². The molecule has 3 nitrogen and oxygen atoms in total. The topological polar surface area (TPSA) is 34.9 Å². The van der Waals surface area contributed by atoms with Gasteiger partial charge < -0.3 is 0 Å². The third kappa shape index (κ3) is 2.13. The van der Waals surface area contributed by atoms with Gasteiger partial charge in [-0.2, -0.15) is 0 Å². The van der Waals surface area contributed by atoms with Crippen molar-refractivity contribution in [2.75, 3.05) is 0 Å². The molecule has 0 bridgehead atoms. The second kappa shape index (κ2) is 4.09. The van der Waals surface area contributed by atoms with Gasteiger partial charge >= 0.3 is 0 Å². The maximum absolute atomic E-state index is 11.8. The molecule has 0 aliphatic heterocycles. The number of carbonyl (C=O) groups is 1. The minimum atomic E-state index is 0.0433. The smallest absolute Gasteiger partial charge is 0.236 e. The van der Waals surface area contributed by atoms with Crippen LogP contribution in [0.4, 0.5) is 0 Å². The van der Waals surface area contributed by atoms with Crippen LogP contribution in [0.25, 0.3) is 0 Å². The molecule has 0 saturated carbocycles. The number of rotatable bonds is 2. The molecule has 2 aromatic rings.